The zero-order chi connectivity index (χ0) is 5.98. The van der Waals surface area contributed by atoms with Crippen LogP contribution < -0.4 is 0 Å². The zero-order valence-corrected chi connectivity index (χ0v) is 6.45. The van der Waals surface area contributed by atoms with Crippen LogP contribution in [0.2, 0.25) is 0 Å². The lowest BCUT2D eigenvalue weighted by Crippen LogP contribution is -2.19. The van der Waals surface area contributed by atoms with Gasteiger partial charge in [0.15, 0.2) is 0 Å². The number of hydrogen-bond acceptors (Lipinski definition) is 1. The normalized spacial score (nSPS) is 39.8. The highest BCUT2D eigenvalue weighted by molar-refractivity contribution is 7.57. The summed E-state index contributed by atoms with van der Waals surface area (Å²) in [5.74, 6) is 0. The maximum atomic E-state index is 5.27. The van der Waals surface area contributed by atoms with Gasteiger partial charge in [0.1, 0.15) is 0 Å². The first-order valence-electron chi connectivity index (χ1n) is 3.08. The molecule has 1 nitrogen and oxygen atoms in total. The van der Waals surface area contributed by atoms with Crippen molar-refractivity contribution < 1.29 is 4.74 Å². The average Bonchev–Trinajstić information content (AvgIpc) is 1.77. The molecule has 1 rings (SSSR count). The Morgan fingerprint density at radius 2 is 2.38 bits per heavy atom. The number of ether oxygens (including phenoxy) is 1. The minimum atomic E-state index is 0.322. The Morgan fingerprint density at radius 1 is 1.62 bits per heavy atom. The molecule has 0 aliphatic carbocycles. The maximum Gasteiger partial charge on any atom is 0.0530 e. The summed E-state index contributed by atoms with van der Waals surface area (Å²) in [6.07, 6.45) is 1.32. The Kier molecular flexibility index (Phi) is 2.27. The molecule has 0 saturated carbocycles. The highest BCUT2D eigenvalue weighted by Crippen LogP contribution is 2.38. The van der Waals surface area contributed by atoms with Gasteiger partial charge in [-0.3, -0.25) is 0 Å². The molecule has 1 aliphatic heterocycles. The summed E-state index contributed by atoms with van der Waals surface area (Å²) in [5.41, 5.74) is 0.846. The van der Waals surface area contributed by atoms with Gasteiger partial charge in [-0.15, -0.1) is 7.92 Å². The Bertz CT molecular complexity index is 64.9. The van der Waals surface area contributed by atoms with E-state index < -0.39 is 0 Å². The second-order valence-corrected chi connectivity index (χ2v) is 5.25. The third-order valence-electron chi connectivity index (χ3n) is 1.70. The molecule has 1 aliphatic rings. The minimum absolute atomic E-state index is 0.322. The smallest absolute Gasteiger partial charge is 0.0530 e. The van der Waals surface area contributed by atoms with Gasteiger partial charge >= 0.3 is 0 Å². The average molecular weight is 132 g/mol. The molecular weight excluding hydrogens is 119 g/mol. The van der Waals surface area contributed by atoms with Gasteiger partial charge in [0.25, 0.3) is 0 Å². The molecule has 48 valence electrons. The summed E-state index contributed by atoms with van der Waals surface area (Å²) in [7, 11) is 0.322. The van der Waals surface area contributed by atoms with E-state index in [0.717, 1.165) is 18.9 Å². The van der Waals surface area contributed by atoms with Crippen molar-refractivity contribution >= 4 is 7.92 Å². The Balaban J connectivity index is 2.28. The van der Waals surface area contributed by atoms with Crippen molar-refractivity contribution in [2.75, 3.05) is 26.0 Å². The second-order valence-electron chi connectivity index (χ2n) is 2.40. The van der Waals surface area contributed by atoms with Gasteiger partial charge in [-0.05, 0) is 18.5 Å². The molecule has 0 aromatic carbocycles. The molecule has 1 heterocycles. The summed E-state index contributed by atoms with van der Waals surface area (Å²) in [6, 6.07) is 0. The van der Waals surface area contributed by atoms with Gasteiger partial charge in [0, 0.05) is 0 Å². The number of rotatable bonds is 0. The van der Waals surface area contributed by atoms with Crippen LogP contribution in [0.4, 0.5) is 0 Å². The van der Waals surface area contributed by atoms with E-state index in [2.05, 4.69) is 13.6 Å². The molecule has 8 heavy (non-hydrogen) atoms. The molecule has 2 atom stereocenters. The van der Waals surface area contributed by atoms with Crippen molar-refractivity contribution in [1.29, 1.82) is 0 Å². The lowest BCUT2D eigenvalue weighted by molar-refractivity contribution is 0.143. The van der Waals surface area contributed by atoms with Crippen LogP contribution in [-0.4, -0.2) is 31.7 Å². The van der Waals surface area contributed by atoms with E-state index in [-0.39, 0.29) is 0 Å². The van der Waals surface area contributed by atoms with Crippen LogP contribution in [-0.2, 0) is 4.74 Å². The van der Waals surface area contributed by atoms with E-state index >= 15 is 0 Å². The van der Waals surface area contributed by atoms with Crippen LogP contribution in [0.15, 0.2) is 0 Å². The molecule has 0 amide bonds. The number of hydrogen-bond donors (Lipinski definition) is 0. The van der Waals surface area contributed by atoms with Crippen molar-refractivity contribution in [3.63, 3.8) is 0 Å². The largest absolute Gasteiger partial charge is 0.380 e. The van der Waals surface area contributed by atoms with Gasteiger partial charge in [0.2, 0.25) is 0 Å². The first-order valence-corrected chi connectivity index (χ1v) is 5.13. The summed E-state index contributed by atoms with van der Waals surface area (Å²) in [5, 5.41) is 0. The van der Waals surface area contributed by atoms with Gasteiger partial charge in [0.05, 0.1) is 13.2 Å². The fraction of sp³-hybridized carbons (Fsp3) is 1.00. The highest BCUT2D eigenvalue weighted by atomic mass is 31.1. The SMILES string of the molecule is CC1COCCP1C. The first kappa shape index (κ1) is 6.51. The Hall–Kier alpha value is 0.390. The Labute approximate surface area is 52.2 Å². The molecule has 2 heteroatoms. The summed E-state index contributed by atoms with van der Waals surface area (Å²) >= 11 is 0. The van der Waals surface area contributed by atoms with Crippen LogP contribution >= 0.6 is 7.92 Å². The summed E-state index contributed by atoms with van der Waals surface area (Å²) in [4.78, 5) is 0. The maximum absolute atomic E-state index is 5.27. The van der Waals surface area contributed by atoms with Crippen LogP contribution in [0.1, 0.15) is 6.92 Å². The quantitative estimate of drug-likeness (QED) is 0.454. The van der Waals surface area contributed by atoms with Crippen molar-refractivity contribution in [2.24, 2.45) is 0 Å². The standard InChI is InChI=1S/C6H13OP/c1-6-5-7-3-4-8(6)2/h6H,3-5H2,1-2H3. The molecule has 0 N–H and O–H groups in total. The molecule has 2 unspecified atom stereocenters. The zero-order valence-electron chi connectivity index (χ0n) is 5.55. The monoisotopic (exact) mass is 132 g/mol. The van der Waals surface area contributed by atoms with Gasteiger partial charge < -0.3 is 4.74 Å². The molecular formula is C6H13OP. The van der Waals surface area contributed by atoms with E-state index in [0.29, 0.717) is 7.92 Å². The molecule has 1 saturated heterocycles. The van der Waals surface area contributed by atoms with Crippen molar-refractivity contribution in [1.82, 2.24) is 0 Å². The Morgan fingerprint density at radius 3 is 2.75 bits per heavy atom. The van der Waals surface area contributed by atoms with Gasteiger partial charge in [-0.1, -0.05) is 6.92 Å². The second kappa shape index (κ2) is 2.80. The van der Waals surface area contributed by atoms with Crippen molar-refractivity contribution in [3.8, 4) is 0 Å². The van der Waals surface area contributed by atoms with E-state index in [1.54, 1.807) is 0 Å². The van der Waals surface area contributed by atoms with Crippen LogP contribution in [0, 0.1) is 0 Å². The summed E-state index contributed by atoms with van der Waals surface area (Å²) in [6.45, 7) is 6.65. The molecule has 0 aromatic rings. The van der Waals surface area contributed by atoms with Crippen LogP contribution in [0.25, 0.3) is 0 Å². The molecule has 1 fully saturated rings. The van der Waals surface area contributed by atoms with Gasteiger partial charge in [-0.2, -0.15) is 0 Å². The molecule has 0 aromatic heterocycles. The first-order chi connectivity index (χ1) is 3.80. The van der Waals surface area contributed by atoms with Crippen LogP contribution in [0.3, 0.4) is 0 Å². The molecule has 0 radical (unpaired) electrons. The lowest BCUT2D eigenvalue weighted by atomic mass is 10.5. The topological polar surface area (TPSA) is 9.23 Å². The predicted molar refractivity (Wildman–Crippen MR) is 38.0 cm³/mol. The van der Waals surface area contributed by atoms with Crippen molar-refractivity contribution in [3.05, 3.63) is 0 Å². The summed E-state index contributed by atoms with van der Waals surface area (Å²) < 4.78 is 5.27. The predicted octanol–water partition coefficient (Wildman–Crippen LogP) is 1.52. The van der Waals surface area contributed by atoms with E-state index in [1.807, 2.05) is 0 Å². The van der Waals surface area contributed by atoms with Crippen molar-refractivity contribution in [2.45, 2.75) is 12.6 Å². The van der Waals surface area contributed by atoms with E-state index in [4.69, 9.17) is 4.74 Å². The van der Waals surface area contributed by atoms with Crippen LogP contribution in [0.5, 0.6) is 0 Å². The fourth-order valence-electron chi connectivity index (χ4n) is 0.810. The minimum Gasteiger partial charge on any atom is -0.380 e. The highest BCUT2D eigenvalue weighted by Gasteiger charge is 2.15. The van der Waals surface area contributed by atoms with E-state index in [1.165, 1.54) is 6.16 Å². The molecule has 0 bridgehead atoms. The molecule has 0 spiro atoms. The van der Waals surface area contributed by atoms with Gasteiger partial charge in [-0.25, -0.2) is 0 Å². The fourth-order valence-corrected chi connectivity index (χ4v) is 2.03. The lowest BCUT2D eigenvalue weighted by Gasteiger charge is -2.25. The van der Waals surface area contributed by atoms with E-state index in [9.17, 15) is 0 Å². The third kappa shape index (κ3) is 1.43. The third-order valence-corrected chi connectivity index (χ3v) is 4.24.